The number of fused-ring (bicyclic) bond motifs is 2. The predicted octanol–water partition coefficient (Wildman–Crippen LogP) is 4.57. The van der Waals surface area contributed by atoms with Gasteiger partial charge in [0, 0.05) is 18.0 Å². The number of aromatic nitrogens is 3. The van der Waals surface area contributed by atoms with Crippen LogP contribution < -0.4 is 5.32 Å². The Morgan fingerprint density at radius 1 is 1.20 bits per heavy atom. The van der Waals surface area contributed by atoms with Gasteiger partial charge in [-0.05, 0) is 73.2 Å². The van der Waals surface area contributed by atoms with Crippen molar-refractivity contribution in [2.45, 2.75) is 32.7 Å². The van der Waals surface area contributed by atoms with Crippen LogP contribution in [0.25, 0.3) is 16.8 Å². The second-order valence-corrected chi connectivity index (χ2v) is 7.86. The first-order valence-electron chi connectivity index (χ1n) is 10.0. The maximum atomic E-state index is 14.5. The van der Waals surface area contributed by atoms with Crippen molar-refractivity contribution in [2.75, 3.05) is 0 Å². The average Bonchev–Trinajstić information content (AvgIpc) is 3.33. The Kier molecular flexibility index (Phi) is 4.35. The van der Waals surface area contributed by atoms with E-state index in [9.17, 15) is 9.18 Å². The molecule has 1 amide bonds. The van der Waals surface area contributed by atoms with Gasteiger partial charge in [-0.3, -0.25) is 9.78 Å². The number of rotatable bonds is 3. The maximum Gasteiger partial charge on any atom is 0.255 e. The number of benzene rings is 1. The lowest BCUT2D eigenvalue weighted by Gasteiger charge is -2.14. The van der Waals surface area contributed by atoms with Gasteiger partial charge in [0.1, 0.15) is 5.69 Å². The highest BCUT2D eigenvalue weighted by Gasteiger charge is 2.26. The molecule has 0 bridgehead atoms. The van der Waals surface area contributed by atoms with E-state index in [4.69, 9.17) is 0 Å². The number of hydrogen-bond acceptors (Lipinski definition) is 3. The van der Waals surface area contributed by atoms with Crippen molar-refractivity contribution < 1.29 is 9.18 Å². The second kappa shape index (κ2) is 7.06. The van der Waals surface area contributed by atoms with Gasteiger partial charge in [0.15, 0.2) is 5.82 Å². The highest BCUT2D eigenvalue weighted by Crippen LogP contribution is 2.35. The molecule has 30 heavy (non-hydrogen) atoms. The highest BCUT2D eigenvalue weighted by atomic mass is 19.1. The van der Waals surface area contributed by atoms with Gasteiger partial charge in [0.05, 0.1) is 23.3 Å². The Hall–Kier alpha value is -3.54. The van der Waals surface area contributed by atoms with Gasteiger partial charge in [-0.2, -0.15) is 5.10 Å². The number of halogens is 1. The lowest BCUT2D eigenvalue weighted by atomic mass is 10.0. The third kappa shape index (κ3) is 3.05. The summed E-state index contributed by atoms with van der Waals surface area (Å²) in [5.74, 6) is -0.424. The standard InChI is InChI=1S/C24H21FN4O/c1-14-8-10-29-21(11-14)19(13-27-29)24(30)28-20-6-4-16-12-17(3-5-18(16)20)23-22(25)15(2)7-9-26-23/h3,5,7-13,20H,4,6H2,1-2H3,(H,28,30). The Labute approximate surface area is 173 Å². The van der Waals surface area contributed by atoms with Crippen molar-refractivity contribution in [3.63, 3.8) is 0 Å². The summed E-state index contributed by atoms with van der Waals surface area (Å²) in [7, 11) is 0. The Bertz CT molecular complexity index is 1290. The summed E-state index contributed by atoms with van der Waals surface area (Å²) in [5.41, 5.74) is 6.34. The Morgan fingerprint density at radius 2 is 2.07 bits per heavy atom. The first-order chi connectivity index (χ1) is 14.5. The molecule has 0 spiro atoms. The molecule has 1 atom stereocenters. The van der Waals surface area contributed by atoms with Crippen molar-refractivity contribution >= 4 is 11.4 Å². The average molecular weight is 400 g/mol. The minimum absolute atomic E-state index is 0.0726. The van der Waals surface area contributed by atoms with Crippen LogP contribution >= 0.6 is 0 Å². The predicted molar refractivity (Wildman–Crippen MR) is 113 cm³/mol. The molecule has 0 fully saturated rings. The zero-order valence-electron chi connectivity index (χ0n) is 16.8. The van der Waals surface area contributed by atoms with Crippen LogP contribution in [0.1, 0.15) is 45.1 Å². The molecule has 3 heterocycles. The monoisotopic (exact) mass is 400 g/mol. The van der Waals surface area contributed by atoms with Crippen molar-refractivity contribution in [2.24, 2.45) is 0 Å². The summed E-state index contributed by atoms with van der Waals surface area (Å²) >= 11 is 0. The molecule has 1 aromatic carbocycles. The highest BCUT2D eigenvalue weighted by molar-refractivity contribution is 6.00. The van der Waals surface area contributed by atoms with Crippen LogP contribution in [0.3, 0.4) is 0 Å². The van der Waals surface area contributed by atoms with Crippen LogP contribution in [-0.2, 0) is 6.42 Å². The van der Waals surface area contributed by atoms with E-state index in [0.29, 0.717) is 16.8 Å². The van der Waals surface area contributed by atoms with Crippen LogP contribution in [0.4, 0.5) is 4.39 Å². The molecule has 5 nitrogen and oxygen atoms in total. The molecule has 0 saturated heterocycles. The lowest BCUT2D eigenvalue weighted by molar-refractivity contribution is 0.0938. The fourth-order valence-corrected chi connectivity index (χ4v) is 4.15. The van der Waals surface area contributed by atoms with E-state index in [1.54, 1.807) is 29.9 Å². The molecule has 3 aromatic heterocycles. The van der Waals surface area contributed by atoms with Crippen LogP contribution in [0.5, 0.6) is 0 Å². The molecule has 6 heteroatoms. The van der Waals surface area contributed by atoms with Crippen molar-refractivity contribution in [3.8, 4) is 11.3 Å². The summed E-state index contributed by atoms with van der Waals surface area (Å²) in [6.45, 7) is 3.73. The zero-order chi connectivity index (χ0) is 20.8. The zero-order valence-corrected chi connectivity index (χ0v) is 16.8. The molecule has 150 valence electrons. The van der Waals surface area contributed by atoms with Crippen molar-refractivity contribution in [3.05, 3.63) is 88.6 Å². The molecule has 5 rings (SSSR count). The lowest BCUT2D eigenvalue weighted by Crippen LogP contribution is -2.27. The van der Waals surface area contributed by atoms with Crippen LogP contribution in [0.15, 0.2) is 55.0 Å². The number of aryl methyl sites for hydroxylation is 3. The molecule has 4 aromatic rings. The summed E-state index contributed by atoms with van der Waals surface area (Å²) in [6.07, 6.45) is 6.73. The van der Waals surface area contributed by atoms with Crippen molar-refractivity contribution in [1.82, 2.24) is 19.9 Å². The van der Waals surface area contributed by atoms with E-state index in [2.05, 4.69) is 15.4 Å². The van der Waals surface area contributed by atoms with Gasteiger partial charge in [-0.15, -0.1) is 0 Å². The molecule has 1 aliphatic rings. The van der Waals surface area contributed by atoms with E-state index in [1.807, 2.05) is 43.5 Å². The topological polar surface area (TPSA) is 59.3 Å². The molecular weight excluding hydrogens is 379 g/mol. The van der Waals surface area contributed by atoms with Crippen molar-refractivity contribution in [1.29, 1.82) is 0 Å². The van der Waals surface area contributed by atoms with Crippen LogP contribution in [0, 0.1) is 19.7 Å². The van der Waals surface area contributed by atoms with E-state index in [1.165, 1.54) is 0 Å². The third-order valence-corrected chi connectivity index (χ3v) is 5.80. The van der Waals surface area contributed by atoms with E-state index in [0.717, 1.165) is 40.6 Å². The SMILES string of the molecule is Cc1ccn2ncc(C(=O)NC3CCc4cc(-c5nccc(C)c5F)ccc43)c2c1. The van der Waals surface area contributed by atoms with Gasteiger partial charge in [0.2, 0.25) is 0 Å². The minimum Gasteiger partial charge on any atom is -0.345 e. The molecule has 0 saturated carbocycles. The van der Waals surface area contributed by atoms with E-state index in [-0.39, 0.29) is 17.8 Å². The van der Waals surface area contributed by atoms with E-state index < -0.39 is 0 Å². The second-order valence-electron chi connectivity index (χ2n) is 7.86. The Balaban J connectivity index is 1.42. The number of pyridine rings is 2. The molecular formula is C24H21FN4O. The van der Waals surface area contributed by atoms with Gasteiger partial charge in [0.25, 0.3) is 5.91 Å². The fourth-order valence-electron chi connectivity index (χ4n) is 4.15. The smallest absolute Gasteiger partial charge is 0.255 e. The minimum atomic E-state index is -0.288. The largest absolute Gasteiger partial charge is 0.345 e. The number of carbonyl (C=O) groups is 1. The third-order valence-electron chi connectivity index (χ3n) is 5.80. The molecule has 0 aliphatic heterocycles. The van der Waals surface area contributed by atoms with Gasteiger partial charge in [-0.1, -0.05) is 12.1 Å². The summed E-state index contributed by atoms with van der Waals surface area (Å²) in [4.78, 5) is 17.2. The quantitative estimate of drug-likeness (QED) is 0.548. The summed E-state index contributed by atoms with van der Waals surface area (Å²) in [6, 6.07) is 11.4. The summed E-state index contributed by atoms with van der Waals surface area (Å²) < 4.78 is 16.2. The van der Waals surface area contributed by atoms with Gasteiger partial charge in [-0.25, -0.2) is 8.91 Å². The molecule has 1 N–H and O–H groups in total. The fraction of sp³-hybridized carbons (Fsp3) is 0.208. The van der Waals surface area contributed by atoms with Gasteiger partial charge >= 0.3 is 0 Å². The van der Waals surface area contributed by atoms with Crippen LogP contribution in [0.2, 0.25) is 0 Å². The molecule has 1 aliphatic carbocycles. The summed E-state index contributed by atoms with van der Waals surface area (Å²) in [5, 5.41) is 7.42. The number of carbonyl (C=O) groups excluding carboxylic acids is 1. The first kappa shape index (κ1) is 18.5. The van der Waals surface area contributed by atoms with Crippen LogP contribution in [-0.4, -0.2) is 20.5 Å². The number of nitrogens with zero attached hydrogens (tertiary/aromatic N) is 3. The molecule has 0 radical (unpaired) electrons. The number of nitrogens with one attached hydrogen (secondary N) is 1. The number of amides is 1. The number of hydrogen-bond donors (Lipinski definition) is 1. The van der Waals surface area contributed by atoms with Gasteiger partial charge < -0.3 is 5.32 Å². The van der Waals surface area contributed by atoms with E-state index >= 15 is 0 Å². The Morgan fingerprint density at radius 3 is 2.93 bits per heavy atom. The normalized spacial score (nSPS) is 15.4. The maximum absolute atomic E-state index is 14.5. The molecule has 1 unspecified atom stereocenters. The first-order valence-corrected chi connectivity index (χ1v) is 10.0.